The standard InChI is InChI=1S/C20H18F2N4O4/c1-11-15(12(2)25(24-11)18-6-4-13(21)8-16(18)22)10-20(27)23-17-9-14(26(28)29)5-7-19(17)30-3/h4-9H,10H2,1-3H3,(H,23,27). The molecule has 3 aromatic rings. The average Bonchev–Trinajstić information content (AvgIpc) is 2.96. The molecule has 1 amide bonds. The quantitative estimate of drug-likeness (QED) is 0.486. The lowest BCUT2D eigenvalue weighted by Gasteiger charge is -2.10. The Morgan fingerprint density at radius 3 is 2.60 bits per heavy atom. The van der Waals surface area contributed by atoms with Crippen LogP contribution in [0.5, 0.6) is 5.75 Å². The summed E-state index contributed by atoms with van der Waals surface area (Å²) < 4.78 is 33.8. The summed E-state index contributed by atoms with van der Waals surface area (Å²) in [6.45, 7) is 3.33. The number of benzene rings is 2. The number of halogens is 2. The van der Waals surface area contributed by atoms with Crippen molar-refractivity contribution in [3.63, 3.8) is 0 Å². The molecule has 0 saturated heterocycles. The number of amides is 1. The van der Waals surface area contributed by atoms with Gasteiger partial charge in [0, 0.05) is 29.5 Å². The van der Waals surface area contributed by atoms with Crippen molar-refractivity contribution >= 4 is 17.3 Å². The molecule has 0 aliphatic carbocycles. The summed E-state index contributed by atoms with van der Waals surface area (Å²) in [5.74, 6) is -1.67. The van der Waals surface area contributed by atoms with E-state index in [2.05, 4.69) is 10.4 Å². The average molecular weight is 416 g/mol. The van der Waals surface area contributed by atoms with Gasteiger partial charge in [-0.15, -0.1) is 0 Å². The molecule has 156 valence electrons. The number of non-ortho nitro benzene ring substituents is 1. The number of hydrogen-bond acceptors (Lipinski definition) is 5. The van der Waals surface area contributed by atoms with Crippen LogP contribution < -0.4 is 10.1 Å². The van der Waals surface area contributed by atoms with Crippen molar-refractivity contribution in [2.45, 2.75) is 20.3 Å². The highest BCUT2D eigenvalue weighted by molar-refractivity contribution is 5.94. The van der Waals surface area contributed by atoms with Crippen molar-refractivity contribution in [1.82, 2.24) is 9.78 Å². The second-order valence-electron chi connectivity index (χ2n) is 6.52. The molecule has 0 spiro atoms. The smallest absolute Gasteiger partial charge is 0.271 e. The van der Waals surface area contributed by atoms with Crippen LogP contribution in [0.2, 0.25) is 0 Å². The zero-order valence-electron chi connectivity index (χ0n) is 16.4. The Morgan fingerprint density at radius 1 is 1.23 bits per heavy atom. The molecule has 0 fully saturated rings. The van der Waals surface area contributed by atoms with Crippen LogP contribution in [0.15, 0.2) is 36.4 Å². The number of carbonyl (C=O) groups excluding carboxylic acids is 1. The molecular weight excluding hydrogens is 398 g/mol. The lowest BCUT2D eigenvalue weighted by atomic mass is 10.1. The molecule has 0 saturated carbocycles. The van der Waals surface area contributed by atoms with Gasteiger partial charge in [0.2, 0.25) is 5.91 Å². The van der Waals surface area contributed by atoms with E-state index < -0.39 is 22.5 Å². The van der Waals surface area contributed by atoms with E-state index in [1.54, 1.807) is 13.8 Å². The number of ether oxygens (including phenoxy) is 1. The molecule has 0 aliphatic heterocycles. The van der Waals surface area contributed by atoms with Crippen LogP contribution >= 0.6 is 0 Å². The van der Waals surface area contributed by atoms with Crippen LogP contribution in [-0.2, 0) is 11.2 Å². The Bertz CT molecular complexity index is 1140. The number of nitro groups is 1. The molecule has 1 aromatic heterocycles. The lowest BCUT2D eigenvalue weighted by Crippen LogP contribution is -2.16. The zero-order valence-corrected chi connectivity index (χ0v) is 16.4. The maximum absolute atomic E-state index is 14.1. The number of rotatable bonds is 6. The number of anilines is 1. The van der Waals surface area contributed by atoms with Gasteiger partial charge in [0.25, 0.3) is 5.69 Å². The molecule has 0 unspecified atom stereocenters. The lowest BCUT2D eigenvalue weighted by molar-refractivity contribution is -0.384. The largest absolute Gasteiger partial charge is 0.495 e. The minimum atomic E-state index is -0.780. The maximum atomic E-state index is 14.1. The molecular formula is C20H18F2N4O4. The molecule has 1 N–H and O–H groups in total. The number of carbonyl (C=O) groups is 1. The molecule has 0 atom stereocenters. The zero-order chi connectivity index (χ0) is 22.0. The third-order valence-corrected chi connectivity index (χ3v) is 4.58. The summed E-state index contributed by atoms with van der Waals surface area (Å²) in [4.78, 5) is 23.0. The monoisotopic (exact) mass is 416 g/mol. The molecule has 10 heteroatoms. The highest BCUT2D eigenvalue weighted by Gasteiger charge is 2.20. The van der Waals surface area contributed by atoms with E-state index in [0.717, 1.165) is 12.1 Å². The number of aromatic nitrogens is 2. The first-order valence-electron chi connectivity index (χ1n) is 8.84. The summed E-state index contributed by atoms with van der Waals surface area (Å²) in [6, 6.07) is 7.00. The summed E-state index contributed by atoms with van der Waals surface area (Å²) in [5.41, 5.74) is 1.59. The second kappa shape index (κ2) is 8.27. The van der Waals surface area contributed by atoms with Crippen molar-refractivity contribution < 1.29 is 23.2 Å². The van der Waals surface area contributed by atoms with Gasteiger partial charge >= 0.3 is 0 Å². The summed E-state index contributed by atoms with van der Waals surface area (Å²) in [6.07, 6.45) is -0.105. The van der Waals surface area contributed by atoms with Crippen molar-refractivity contribution in [2.75, 3.05) is 12.4 Å². The van der Waals surface area contributed by atoms with E-state index in [4.69, 9.17) is 4.74 Å². The van der Waals surface area contributed by atoms with Crippen molar-refractivity contribution in [1.29, 1.82) is 0 Å². The minimum absolute atomic E-state index is 0.0593. The van der Waals surface area contributed by atoms with E-state index in [1.807, 2.05) is 0 Å². The Hall–Kier alpha value is -3.82. The third kappa shape index (κ3) is 4.12. The van der Waals surface area contributed by atoms with Crippen LogP contribution in [0.25, 0.3) is 5.69 Å². The number of hydrogen-bond donors (Lipinski definition) is 1. The predicted octanol–water partition coefficient (Wildman–Crippen LogP) is 3.87. The first kappa shape index (κ1) is 20.9. The minimum Gasteiger partial charge on any atom is -0.495 e. The first-order chi connectivity index (χ1) is 14.2. The van der Waals surface area contributed by atoms with Gasteiger partial charge in [-0.2, -0.15) is 5.10 Å². The van der Waals surface area contributed by atoms with Crippen LogP contribution in [0.4, 0.5) is 20.2 Å². The number of aryl methyl sites for hydroxylation is 1. The highest BCUT2D eigenvalue weighted by Crippen LogP contribution is 2.29. The van der Waals surface area contributed by atoms with Gasteiger partial charge in [-0.05, 0) is 32.0 Å². The number of methoxy groups -OCH3 is 1. The molecule has 2 aromatic carbocycles. The number of nitrogens with one attached hydrogen (secondary N) is 1. The third-order valence-electron chi connectivity index (χ3n) is 4.58. The van der Waals surface area contributed by atoms with E-state index in [9.17, 15) is 23.7 Å². The van der Waals surface area contributed by atoms with Gasteiger partial charge < -0.3 is 10.1 Å². The molecule has 0 aliphatic rings. The van der Waals surface area contributed by atoms with Gasteiger partial charge in [-0.25, -0.2) is 13.5 Å². The molecule has 8 nitrogen and oxygen atoms in total. The maximum Gasteiger partial charge on any atom is 0.271 e. The predicted molar refractivity (Wildman–Crippen MR) is 105 cm³/mol. The fourth-order valence-corrected chi connectivity index (χ4v) is 3.08. The second-order valence-corrected chi connectivity index (χ2v) is 6.52. The van der Waals surface area contributed by atoms with Crippen molar-refractivity contribution in [2.24, 2.45) is 0 Å². The summed E-state index contributed by atoms with van der Waals surface area (Å²) in [5, 5.41) is 17.9. The summed E-state index contributed by atoms with van der Waals surface area (Å²) in [7, 11) is 1.38. The molecule has 0 bridgehead atoms. The van der Waals surface area contributed by atoms with Crippen LogP contribution in [-0.4, -0.2) is 27.7 Å². The Balaban J connectivity index is 1.87. The van der Waals surface area contributed by atoms with Gasteiger partial charge in [-0.3, -0.25) is 14.9 Å². The molecule has 1 heterocycles. The Kier molecular flexibility index (Phi) is 5.77. The van der Waals surface area contributed by atoms with Gasteiger partial charge in [-0.1, -0.05) is 0 Å². The summed E-state index contributed by atoms with van der Waals surface area (Å²) >= 11 is 0. The molecule has 3 rings (SSSR count). The fourth-order valence-electron chi connectivity index (χ4n) is 3.08. The topological polar surface area (TPSA) is 99.3 Å². The highest BCUT2D eigenvalue weighted by atomic mass is 19.1. The van der Waals surface area contributed by atoms with E-state index in [1.165, 1.54) is 36.1 Å². The molecule has 30 heavy (non-hydrogen) atoms. The van der Waals surface area contributed by atoms with Gasteiger partial charge in [0.1, 0.15) is 17.3 Å². The Labute approximate surface area is 170 Å². The van der Waals surface area contributed by atoms with Gasteiger partial charge in [0.05, 0.1) is 29.8 Å². The Morgan fingerprint density at radius 2 is 1.97 bits per heavy atom. The molecule has 0 radical (unpaired) electrons. The van der Waals surface area contributed by atoms with Crippen molar-refractivity contribution in [3.8, 4) is 11.4 Å². The SMILES string of the molecule is COc1ccc([N+](=O)[O-])cc1NC(=O)Cc1c(C)nn(-c2ccc(F)cc2F)c1C. The van der Waals surface area contributed by atoms with Crippen LogP contribution in [0.3, 0.4) is 0 Å². The normalized spacial score (nSPS) is 10.7. The number of nitro benzene ring substituents is 1. The van der Waals surface area contributed by atoms with Crippen LogP contribution in [0.1, 0.15) is 17.0 Å². The first-order valence-corrected chi connectivity index (χ1v) is 8.84. The fraction of sp³-hybridized carbons (Fsp3) is 0.200. The number of nitrogens with zero attached hydrogens (tertiary/aromatic N) is 3. The van der Waals surface area contributed by atoms with Crippen molar-refractivity contribution in [3.05, 3.63) is 75.1 Å². The van der Waals surface area contributed by atoms with Crippen LogP contribution in [0, 0.1) is 35.6 Å². The van der Waals surface area contributed by atoms with E-state index in [-0.39, 0.29) is 29.2 Å². The van der Waals surface area contributed by atoms with Gasteiger partial charge in [0.15, 0.2) is 5.82 Å². The van der Waals surface area contributed by atoms with E-state index in [0.29, 0.717) is 17.0 Å². The van der Waals surface area contributed by atoms with E-state index >= 15 is 0 Å².